The SMILES string of the molecule is O=S1(=O)CCC(NC2CC=CCC2)c2cc(F)ccc21. The molecule has 3 rings (SSSR count). The number of benzene rings is 1. The van der Waals surface area contributed by atoms with Crippen LogP contribution in [0, 0.1) is 5.82 Å². The second kappa shape index (κ2) is 5.30. The topological polar surface area (TPSA) is 46.2 Å². The molecular formula is C15H18FNO2S. The van der Waals surface area contributed by atoms with Gasteiger partial charge in [-0.3, -0.25) is 0 Å². The van der Waals surface area contributed by atoms with Crippen molar-refractivity contribution in [1.82, 2.24) is 5.32 Å². The van der Waals surface area contributed by atoms with Crippen LogP contribution in [-0.4, -0.2) is 20.2 Å². The van der Waals surface area contributed by atoms with Crippen molar-refractivity contribution in [3.05, 3.63) is 41.7 Å². The summed E-state index contributed by atoms with van der Waals surface area (Å²) in [5, 5.41) is 3.50. The quantitative estimate of drug-likeness (QED) is 0.674. The molecule has 5 heteroatoms. The van der Waals surface area contributed by atoms with Crippen LogP contribution in [0.2, 0.25) is 0 Å². The van der Waals surface area contributed by atoms with Crippen molar-refractivity contribution in [2.24, 2.45) is 0 Å². The van der Waals surface area contributed by atoms with Gasteiger partial charge >= 0.3 is 0 Å². The number of hydrogen-bond acceptors (Lipinski definition) is 3. The van der Waals surface area contributed by atoms with Gasteiger partial charge in [-0.1, -0.05) is 12.2 Å². The highest BCUT2D eigenvalue weighted by Crippen LogP contribution is 2.33. The summed E-state index contributed by atoms with van der Waals surface area (Å²) in [5.41, 5.74) is 0.589. The lowest BCUT2D eigenvalue weighted by Crippen LogP contribution is -2.37. The number of nitrogens with one attached hydrogen (secondary N) is 1. The standard InChI is InChI=1S/C15H18FNO2S/c16-11-6-7-15-13(10-11)14(8-9-20(15,18)19)17-12-4-2-1-3-5-12/h1-2,6-7,10,12,14,17H,3-5,8-9H2. The highest BCUT2D eigenvalue weighted by molar-refractivity contribution is 7.91. The van der Waals surface area contributed by atoms with Gasteiger partial charge in [0.05, 0.1) is 10.6 Å². The van der Waals surface area contributed by atoms with Crippen LogP contribution in [0.1, 0.15) is 37.3 Å². The number of halogens is 1. The molecule has 0 radical (unpaired) electrons. The second-order valence-electron chi connectivity index (χ2n) is 5.49. The fraction of sp³-hybridized carbons (Fsp3) is 0.467. The average molecular weight is 295 g/mol. The lowest BCUT2D eigenvalue weighted by atomic mass is 9.97. The molecule has 1 aromatic carbocycles. The zero-order valence-electron chi connectivity index (χ0n) is 11.2. The molecule has 2 unspecified atom stereocenters. The Morgan fingerprint density at radius 2 is 2.05 bits per heavy atom. The van der Waals surface area contributed by atoms with Crippen molar-refractivity contribution in [3.63, 3.8) is 0 Å². The summed E-state index contributed by atoms with van der Waals surface area (Å²) >= 11 is 0. The minimum atomic E-state index is -3.25. The van der Waals surface area contributed by atoms with Gasteiger partial charge in [0.25, 0.3) is 0 Å². The number of allylic oxidation sites excluding steroid dienone is 1. The zero-order valence-corrected chi connectivity index (χ0v) is 12.0. The molecule has 0 spiro atoms. The Hall–Kier alpha value is -1.20. The Morgan fingerprint density at radius 1 is 1.20 bits per heavy atom. The van der Waals surface area contributed by atoms with Crippen LogP contribution < -0.4 is 5.32 Å². The van der Waals surface area contributed by atoms with Gasteiger partial charge in [-0.25, -0.2) is 12.8 Å². The highest BCUT2D eigenvalue weighted by atomic mass is 32.2. The molecule has 2 aliphatic rings. The molecule has 1 aliphatic heterocycles. The maximum atomic E-state index is 13.5. The molecule has 1 aliphatic carbocycles. The zero-order chi connectivity index (χ0) is 14.2. The van der Waals surface area contributed by atoms with Crippen LogP contribution in [0.15, 0.2) is 35.2 Å². The summed E-state index contributed by atoms with van der Waals surface area (Å²) < 4.78 is 37.6. The van der Waals surface area contributed by atoms with Crippen molar-refractivity contribution in [3.8, 4) is 0 Å². The van der Waals surface area contributed by atoms with Crippen molar-refractivity contribution >= 4 is 9.84 Å². The van der Waals surface area contributed by atoms with Gasteiger partial charge in [-0.05, 0) is 49.4 Å². The smallest absolute Gasteiger partial charge is 0.178 e. The van der Waals surface area contributed by atoms with Gasteiger partial charge in [0.15, 0.2) is 9.84 Å². The maximum Gasteiger partial charge on any atom is 0.178 e. The Bertz CT molecular complexity index is 639. The molecule has 2 atom stereocenters. The largest absolute Gasteiger partial charge is 0.307 e. The number of fused-ring (bicyclic) bond motifs is 1. The molecule has 1 N–H and O–H groups in total. The van der Waals surface area contributed by atoms with Crippen molar-refractivity contribution in [2.75, 3.05) is 5.75 Å². The van der Waals surface area contributed by atoms with Gasteiger partial charge < -0.3 is 5.32 Å². The van der Waals surface area contributed by atoms with E-state index in [9.17, 15) is 12.8 Å². The molecule has 20 heavy (non-hydrogen) atoms. The third-order valence-corrected chi connectivity index (χ3v) is 5.88. The van der Waals surface area contributed by atoms with Crippen LogP contribution in [0.3, 0.4) is 0 Å². The van der Waals surface area contributed by atoms with E-state index in [0.717, 1.165) is 19.3 Å². The van der Waals surface area contributed by atoms with E-state index in [-0.39, 0.29) is 22.5 Å². The Balaban J connectivity index is 1.90. The van der Waals surface area contributed by atoms with E-state index < -0.39 is 9.84 Å². The minimum absolute atomic E-state index is 0.0688. The number of sulfone groups is 1. The summed E-state index contributed by atoms with van der Waals surface area (Å²) in [4.78, 5) is 0.286. The molecule has 0 saturated heterocycles. The highest BCUT2D eigenvalue weighted by Gasteiger charge is 2.31. The monoisotopic (exact) mass is 295 g/mol. The predicted octanol–water partition coefficient (Wildman–Crippen LogP) is 2.74. The van der Waals surface area contributed by atoms with Gasteiger partial charge in [0.1, 0.15) is 5.82 Å². The first-order chi connectivity index (χ1) is 9.56. The van der Waals surface area contributed by atoms with Gasteiger partial charge in [-0.2, -0.15) is 0 Å². The molecule has 0 bridgehead atoms. The van der Waals surface area contributed by atoms with E-state index in [0.29, 0.717) is 18.0 Å². The molecular weight excluding hydrogens is 277 g/mol. The first-order valence-corrected chi connectivity index (χ1v) is 8.65. The molecule has 0 aromatic heterocycles. The average Bonchev–Trinajstić information content (AvgIpc) is 2.43. The van der Waals surface area contributed by atoms with Gasteiger partial charge in [0.2, 0.25) is 0 Å². The van der Waals surface area contributed by atoms with E-state index in [1.165, 1.54) is 18.2 Å². The summed E-state index contributed by atoms with van der Waals surface area (Å²) in [7, 11) is -3.25. The van der Waals surface area contributed by atoms with E-state index in [1.54, 1.807) is 0 Å². The Morgan fingerprint density at radius 3 is 2.80 bits per heavy atom. The van der Waals surface area contributed by atoms with E-state index >= 15 is 0 Å². The van der Waals surface area contributed by atoms with Crippen molar-refractivity contribution in [1.29, 1.82) is 0 Å². The molecule has 0 saturated carbocycles. The van der Waals surface area contributed by atoms with E-state index in [1.807, 2.05) is 0 Å². The van der Waals surface area contributed by atoms with Crippen LogP contribution in [0.5, 0.6) is 0 Å². The number of hydrogen-bond donors (Lipinski definition) is 1. The summed E-state index contributed by atoms with van der Waals surface area (Å²) in [5.74, 6) is -0.248. The molecule has 1 aromatic rings. The van der Waals surface area contributed by atoms with Crippen LogP contribution in [-0.2, 0) is 9.84 Å². The first kappa shape index (κ1) is 13.8. The predicted molar refractivity (Wildman–Crippen MR) is 75.7 cm³/mol. The second-order valence-corrected chi connectivity index (χ2v) is 7.57. The molecule has 108 valence electrons. The normalized spacial score (nSPS) is 28.1. The van der Waals surface area contributed by atoms with Gasteiger partial charge in [0, 0.05) is 12.1 Å². The molecule has 0 amide bonds. The fourth-order valence-electron chi connectivity index (χ4n) is 3.02. The number of rotatable bonds is 2. The lowest BCUT2D eigenvalue weighted by Gasteiger charge is -2.31. The van der Waals surface area contributed by atoms with Crippen LogP contribution in [0.25, 0.3) is 0 Å². The van der Waals surface area contributed by atoms with Gasteiger partial charge in [-0.15, -0.1) is 0 Å². The van der Waals surface area contributed by atoms with E-state index in [4.69, 9.17) is 0 Å². The summed E-state index contributed by atoms with van der Waals surface area (Å²) in [6.45, 7) is 0. The summed E-state index contributed by atoms with van der Waals surface area (Å²) in [6, 6.07) is 4.27. The minimum Gasteiger partial charge on any atom is -0.307 e. The lowest BCUT2D eigenvalue weighted by molar-refractivity contribution is 0.392. The Labute approximate surface area is 118 Å². The van der Waals surface area contributed by atoms with Crippen molar-refractivity contribution < 1.29 is 12.8 Å². The van der Waals surface area contributed by atoms with Crippen molar-refractivity contribution in [2.45, 2.75) is 42.7 Å². The molecule has 0 fully saturated rings. The Kier molecular flexibility index (Phi) is 3.65. The fourth-order valence-corrected chi connectivity index (χ4v) is 4.62. The summed E-state index contributed by atoms with van der Waals surface area (Å²) in [6.07, 6.45) is 7.86. The third kappa shape index (κ3) is 2.65. The van der Waals surface area contributed by atoms with Crippen LogP contribution >= 0.6 is 0 Å². The third-order valence-electron chi connectivity index (χ3n) is 4.06. The van der Waals surface area contributed by atoms with E-state index in [2.05, 4.69) is 17.5 Å². The molecule has 1 heterocycles. The first-order valence-electron chi connectivity index (χ1n) is 6.99. The molecule has 3 nitrogen and oxygen atoms in total. The maximum absolute atomic E-state index is 13.5. The van der Waals surface area contributed by atoms with Crippen LogP contribution in [0.4, 0.5) is 4.39 Å².